The molecule has 0 atom stereocenters. The molecule has 0 saturated heterocycles. The summed E-state index contributed by atoms with van der Waals surface area (Å²) in [6.45, 7) is 1.27. The van der Waals surface area contributed by atoms with Crippen molar-refractivity contribution >= 4 is 18.1 Å². The Kier molecular flexibility index (Phi) is 6.41. The van der Waals surface area contributed by atoms with E-state index in [1.165, 1.54) is 0 Å². The number of ether oxygens (including phenoxy) is 1. The van der Waals surface area contributed by atoms with E-state index in [4.69, 9.17) is 17.0 Å². The molecule has 1 aromatic heterocycles. The van der Waals surface area contributed by atoms with E-state index in [9.17, 15) is 18.0 Å². The van der Waals surface area contributed by atoms with Crippen molar-refractivity contribution in [3.05, 3.63) is 29.0 Å². The van der Waals surface area contributed by atoms with E-state index < -0.39 is 18.6 Å². The standard InChI is InChI=1S/C16H19F3N4O2S/c1-3-25-12-6-4-11(5-7-12)14-20-21-15(26)23(14)9-8-13(24)22(2)10-16(17,18)19/h4-7H,3,8-10H2,1-2H3,(H,21,26). The zero-order valence-corrected chi connectivity index (χ0v) is 15.2. The third-order valence-electron chi connectivity index (χ3n) is 3.57. The molecule has 0 aliphatic rings. The highest BCUT2D eigenvalue weighted by atomic mass is 32.1. The number of hydrogen-bond donors (Lipinski definition) is 1. The van der Waals surface area contributed by atoms with Crippen LogP contribution >= 0.6 is 12.2 Å². The van der Waals surface area contributed by atoms with Crippen LogP contribution in [0.25, 0.3) is 11.4 Å². The molecular formula is C16H19F3N4O2S. The van der Waals surface area contributed by atoms with Crippen molar-refractivity contribution in [2.45, 2.75) is 26.1 Å². The Morgan fingerprint density at radius 1 is 1.35 bits per heavy atom. The lowest BCUT2D eigenvalue weighted by molar-refractivity contribution is -0.158. The van der Waals surface area contributed by atoms with E-state index in [0.717, 1.165) is 12.6 Å². The molecule has 2 rings (SSSR count). The summed E-state index contributed by atoms with van der Waals surface area (Å²) in [6, 6.07) is 7.15. The van der Waals surface area contributed by atoms with Crippen LogP contribution in [0.15, 0.2) is 24.3 Å². The fourth-order valence-electron chi connectivity index (χ4n) is 2.37. The number of hydrogen-bond acceptors (Lipinski definition) is 4. The second-order valence-electron chi connectivity index (χ2n) is 5.58. The second kappa shape index (κ2) is 8.35. The number of alkyl halides is 3. The summed E-state index contributed by atoms with van der Waals surface area (Å²) in [6.07, 6.45) is -4.55. The molecule has 0 saturated carbocycles. The average molecular weight is 388 g/mol. The summed E-state index contributed by atoms with van der Waals surface area (Å²) < 4.78 is 44.4. The second-order valence-corrected chi connectivity index (χ2v) is 5.96. The number of nitrogens with one attached hydrogen (secondary N) is 1. The van der Waals surface area contributed by atoms with E-state index >= 15 is 0 Å². The summed E-state index contributed by atoms with van der Waals surface area (Å²) in [5, 5.41) is 6.79. The number of carbonyl (C=O) groups excluding carboxylic acids is 1. The lowest BCUT2D eigenvalue weighted by Gasteiger charge is -2.19. The Hall–Kier alpha value is -2.36. The highest BCUT2D eigenvalue weighted by molar-refractivity contribution is 7.71. The molecule has 142 valence electrons. The van der Waals surface area contributed by atoms with Crippen LogP contribution in [0.2, 0.25) is 0 Å². The summed E-state index contributed by atoms with van der Waals surface area (Å²) in [4.78, 5) is 12.6. The van der Waals surface area contributed by atoms with Gasteiger partial charge in [-0.15, -0.1) is 0 Å². The molecule has 0 aliphatic carbocycles. The predicted molar refractivity (Wildman–Crippen MR) is 92.3 cm³/mol. The minimum absolute atomic E-state index is 0.121. The van der Waals surface area contributed by atoms with Crippen LogP contribution in [0.1, 0.15) is 13.3 Å². The van der Waals surface area contributed by atoms with Crippen LogP contribution in [0.4, 0.5) is 13.2 Å². The number of aromatic amines is 1. The van der Waals surface area contributed by atoms with Gasteiger partial charge in [-0.05, 0) is 43.4 Å². The lowest BCUT2D eigenvalue weighted by Crippen LogP contribution is -2.36. The van der Waals surface area contributed by atoms with Crippen LogP contribution in [-0.2, 0) is 11.3 Å². The number of nitrogens with zero attached hydrogens (tertiary/aromatic N) is 3. The zero-order chi connectivity index (χ0) is 19.3. The molecule has 0 spiro atoms. The van der Waals surface area contributed by atoms with Gasteiger partial charge in [0, 0.05) is 25.6 Å². The van der Waals surface area contributed by atoms with Gasteiger partial charge in [0.25, 0.3) is 0 Å². The van der Waals surface area contributed by atoms with Crippen molar-refractivity contribution in [1.82, 2.24) is 19.7 Å². The minimum Gasteiger partial charge on any atom is -0.494 e. The SMILES string of the molecule is CCOc1ccc(-c2n[nH]c(=S)n2CCC(=O)N(C)CC(F)(F)F)cc1. The first-order valence-corrected chi connectivity index (χ1v) is 8.31. The van der Waals surface area contributed by atoms with Crippen molar-refractivity contribution in [2.24, 2.45) is 0 Å². The van der Waals surface area contributed by atoms with Gasteiger partial charge in [0.05, 0.1) is 6.61 Å². The molecular weight excluding hydrogens is 369 g/mol. The van der Waals surface area contributed by atoms with Crippen molar-refractivity contribution in [2.75, 3.05) is 20.2 Å². The number of benzene rings is 1. The largest absolute Gasteiger partial charge is 0.494 e. The fraction of sp³-hybridized carbons (Fsp3) is 0.438. The van der Waals surface area contributed by atoms with Gasteiger partial charge in [0.15, 0.2) is 10.6 Å². The maximum absolute atomic E-state index is 12.4. The Labute approximate surface area is 153 Å². The van der Waals surface area contributed by atoms with E-state index in [1.54, 1.807) is 28.8 Å². The van der Waals surface area contributed by atoms with Gasteiger partial charge in [0.1, 0.15) is 12.3 Å². The molecule has 0 fully saturated rings. The molecule has 0 radical (unpaired) electrons. The quantitative estimate of drug-likeness (QED) is 0.739. The first-order valence-electron chi connectivity index (χ1n) is 7.90. The summed E-state index contributed by atoms with van der Waals surface area (Å²) in [5.74, 6) is 0.591. The van der Waals surface area contributed by atoms with E-state index in [1.807, 2.05) is 6.92 Å². The average Bonchev–Trinajstić information content (AvgIpc) is 2.93. The Morgan fingerprint density at radius 2 is 2.00 bits per heavy atom. The van der Waals surface area contributed by atoms with Gasteiger partial charge >= 0.3 is 6.18 Å². The lowest BCUT2D eigenvalue weighted by atomic mass is 10.2. The van der Waals surface area contributed by atoms with Crippen LogP contribution in [0, 0.1) is 4.77 Å². The first kappa shape index (κ1) is 20.0. The van der Waals surface area contributed by atoms with E-state index in [0.29, 0.717) is 27.9 Å². The summed E-state index contributed by atoms with van der Waals surface area (Å²) in [5.41, 5.74) is 0.747. The van der Waals surface area contributed by atoms with Crippen molar-refractivity contribution < 1.29 is 22.7 Å². The van der Waals surface area contributed by atoms with Crippen LogP contribution in [-0.4, -0.2) is 51.9 Å². The van der Waals surface area contributed by atoms with Gasteiger partial charge in [-0.2, -0.15) is 18.3 Å². The fourth-order valence-corrected chi connectivity index (χ4v) is 2.59. The Morgan fingerprint density at radius 3 is 2.58 bits per heavy atom. The Balaban J connectivity index is 2.10. The van der Waals surface area contributed by atoms with Gasteiger partial charge in [-0.1, -0.05) is 0 Å². The van der Waals surface area contributed by atoms with Gasteiger partial charge in [0.2, 0.25) is 5.91 Å². The third kappa shape index (κ3) is 5.32. The number of H-pyrrole nitrogens is 1. The zero-order valence-electron chi connectivity index (χ0n) is 14.3. The van der Waals surface area contributed by atoms with Crippen molar-refractivity contribution in [3.8, 4) is 17.1 Å². The van der Waals surface area contributed by atoms with Crippen LogP contribution in [0.3, 0.4) is 0 Å². The number of amides is 1. The first-order chi connectivity index (χ1) is 12.2. The molecule has 10 heteroatoms. The predicted octanol–water partition coefficient (Wildman–Crippen LogP) is 3.42. The van der Waals surface area contributed by atoms with E-state index in [2.05, 4.69) is 10.2 Å². The molecule has 0 bridgehead atoms. The van der Waals surface area contributed by atoms with Gasteiger partial charge in [-0.3, -0.25) is 14.5 Å². The maximum Gasteiger partial charge on any atom is 0.406 e. The van der Waals surface area contributed by atoms with Gasteiger partial charge < -0.3 is 9.64 Å². The van der Waals surface area contributed by atoms with Crippen molar-refractivity contribution in [3.63, 3.8) is 0 Å². The molecule has 0 aliphatic heterocycles. The molecule has 1 aromatic carbocycles. The van der Waals surface area contributed by atoms with Gasteiger partial charge in [-0.25, -0.2) is 0 Å². The topological polar surface area (TPSA) is 63.1 Å². The number of halogens is 3. The highest BCUT2D eigenvalue weighted by Crippen LogP contribution is 2.22. The molecule has 1 heterocycles. The van der Waals surface area contributed by atoms with Crippen molar-refractivity contribution in [1.29, 1.82) is 0 Å². The minimum atomic E-state index is -4.43. The molecule has 2 aromatic rings. The third-order valence-corrected chi connectivity index (χ3v) is 3.88. The monoisotopic (exact) mass is 388 g/mol. The molecule has 6 nitrogen and oxygen atoms in total. The molecule has 1 N–H and O–H groups in total. The van der Waals surface area contributed by atoms with Crippen LogP contribution in [0.5, 0.6) is 5.75 Å². The molecule has 26 heavy (non-hydrogen) atoms. The normalized spacial score (nSPS) is 11.4. The smallest absolute Gasteiger partial charge is 0.406 e. The summed E-state index contributed by atoms with van der Waals surface area (Å²) in [7, 11) is 1.12. The maximum atomic E-state index is 12.4. The number of aromatic nitrogens is 3. The Bertz CT molecular complexity index is 799. The number of carbonyl (C=O) groups is 1. The highest BCUT2D eigenvalue weighted by Gasteiger charge is 2.31. The molecule has 1 amide bonds. The molecule has 0 unspecified atom stereocenters. The number of rotatable bonds is 7. The van der Waals surface area contributed by atoms with E-state index in [-0.39, 0.29) is 13.0 Å². The van der Waals surface area contributed by atoms with Crippen LogP contribution < -0.4 is 4.74 Å². The summed E-state index contributed by atoms with van der Waals surface area (Å²) >= 11 is 5.16.